The molecular weight excluding hydrogens is 178 g/mol. The summed E-state index contributed by atoms with van der Waals surface area (Å²) in [4.78, 5) is 1.25. The van der Waals surface area contributed by atoms with Crippen LogP contribution in [0.5, 0.6) is 0 Å². The van der Waals surface area contributed by atoms with E-state index in [0.717, 1.165) is 5.69 Å². The van der Waals surface area contributed by atoms with Crippen molar-refractivity contribution < 1.29 is 0 Å². The maximum atomic E-state index is 4.26. The molecular formula is C11H11NS. The third kappa shape index (κ3) is 1.78. The fourth-order valence-electron chi connectivity index (χ4n) is 1.22. The van der Waals surface area contributed by atoms with Crippen LogP contribution in [0.3, 0.4) is 0 Å². The van der Waals surface area contributed by atoms with Crippen LogP contribution in [0.25, 0.3) is 10.4 Å². The summed E-state index contributed by atoms with van der Waals surface area (Å²) >= 11 is 1.56. The van der Waals surface area contributed by atoms with Crippen LogP contribution < -0.4 is 0 Å². The topological polar surface area (TPSA) is 12.9 Å². The van der Waals surface area contributed by atoms with E-state index in [4.69, 9.17) is 0 Å². The number of aromatic nitrogens is 1. The summed E-state index contributed by atoms with van der Waals surface area (Å²) in [5.74, 6) is 0. The van der Waals surface area contributed by atoms with Gasteiger partial charge in [-0.05, 0) is 37.0 Å². The largest absolute Gasteiger partial charge is 0.197 e. The Hall–Kier alpha value is -1.15. The summed E-state index contributed by atoms with van der Waals surface area (Å²) in [5.41, 5.74) is 3.65. The first-order valence-corrected chi connectivity index (χ1v) is 5.03. The minimum absolute atomic E-state index is 1.10. The highest BCUT2D eigenvalue weighted by Gasteiger charge is 2.00. The van der Waals surface area contributed by atoms with Crippen LogP contribution in [0.4, 0.5) is 0 Å². The number of nitrogens with zero attached hydrogens (tertiary/aromatic N) is 1. The smallest absolute Gasteiger partial charge is 0.0552 e. The highest BCUT2D eigenvalue weighted by atomic mass is 32.1. The minimum atomic E-state index is 1.10. The average molecular weight is 189 g/mol. The van der Waals surface area contributed by atoms with Gasteiger partial charge in [0, 0.05) is 0 Å². The van der Waals surface area contributed by atoms with E-state index in [0.29, 0.717) is 0 Å². The van der Waals surface area contributed by atoms with Gasteiger partial charge in [0.15, 0.2) is 0 Å². The Morgan fingerprint density at radius 1 is 1.08 bits per heavy atom. The molecule has 0 fully saturated rings. The van der Waals surface area contributed by atoms with Gasteiger partial charge in [0.25, 0.3) is 0 Å². The van der Waals surface area contributed by atoms with Crippen LogP contribution in [0.15, 0.2) is 30.3 Å². The van der Waals surface area contributed by atoms with Crippen LogP contribution in [-0.4, -0.2) is 4.37 Å². The van der Waals surface area contributed by atoms with Gasteiger partial charge >= 0.3 is 0 Å². The first-order chi connectivity index (χ1) is 6.25. The number of hydrogen-bond donors (Lipinski definition) is 0. The van der Waals surface area contributed by atoms with Crippen molar-refractivity contribution in [3.63, 3.8) is 0 Å². The van der Waals surface area contributed by atoms with E-state index in [-0.39, 0.29) is 0 Å². The molecule has 2 aromatic rings. The fraction of sp³-hybridized carbons (Fsp3) is 0.182. The van der Waals surface area contributed by atoms with Crippen molar-refractivity contribution in [2.24, 2.45) is 0 Å². The van der Waals surface area contributed by atoms with Gasteiger partial charge in [0.1, 0.15) is 0 Å². The first-order valence-electron chi connectivity index (χ1n) is 4.26. The molecule has 0 aliphatic heterocycles. The fourth-order valence-corrected chi connectivity index (χ4v) is 1.98. The lowest BCUT2D eigenvalue weighted by Crippen LogP contribution is -1.73. The third-order valence-corrected chi connectivity index (χ3v) is 2.89. The van der Waals surface area contributed by atoms with Gasteiger partial charge in [0.05, 0.1) is 10.6 Å². The molecule has 2 rings (SSSR count). The van der Waals surface area contributed by atoms with Crippen molar-refractivity contribution in [1.29, 1.82) is 0 Å². The van der Waals surface area contributed by atoms with Crippen molar-refractivity contribution in [3.05, 3.63) is 41.6 Å². The van der Waals surface area contributed by atoms with E-state index in [1.54, 1.807) is 11.5 Å². The molecule has 0 unspecified atom stereocenters. The van der Waals surface area contributed by atoms with Crippen LogP contribution >= 0.6 is 11.5 Å². The Morgan fingerprint density at radius 2 is 1.77 bits per heavy atom. The standard InChI is InChI=1S/C11H11NS/c1-8-3-5-10(6-4-8)11-7-9(2)12-13-11/h3-7H,1-2H3. The van der Waals surface area contributed by atoms with E-state index in [9.17, 15) is 0 Å². The average Bonchev–Trinajstić information content (AvgIpc) is 2.53. The molecule has 66 valence electrons. The zero-order chi connectivity index (χ0) is 9.26. The number of benzene rings is 1. The van der Waals surface area contributed by atoms with E-state index >= 15 is 0 Å². The predicted octanol–water partition coefficient (Wildman–Crippen LogP) is 3.43. The molecule has 1 aromatic carbocycles. The van der Waals surface area contributed by atoms with E-state index < -0.39 is 0 Å². The summed E-state index contributed by atoms with van der Waals surface area (Å²) in [5, 5.41) is 0. The molecule has 0 aliphatic carbocycles. The minimum Gasteiger partial charge on any atom is -0.197 e. The zero-order valence-electron chi connectivity index (χ0n) is 7.74. The second kappa shape index (κ2) is 3.30. The second-order valence-electron chi connectivity index (χ2n) is 3.20. The summed E-state index contributed by atoms with van der Waals surface area (Å²) < 4.78 is 4.26. The van der Waals surface area contributed by atoms with Crippen molar-refractivity contribution in [3.8, 4) is 10.4 Å². The van der Waals surface area contributed by atoms with E-state index in [2.05, 4.69) is 41.6 Å². The second-order valence-corrected chi connectivity index (χ2v) is 4.00. The Kier molecular flexibility index (Phi) is 2.15. The van der Waals surface area contributed by atoms with Gasteiger partial charge in [-0.3, -0.25) is 0 Å². The summed E-state index contributed by atoms with van der Waals surface area (Å²) in [6.45, 7) is 4.12. The molecule has 0 aliphatic rings. The first kappa shape index (κ1) is 8.45. The maximum absolute atomic E-state index is 4.26. The number of rotatable bonds is 1. The summed E-state index contributed by atoms with van der Waals surface area (Å²) in [7, 11) is 0. The molecule has 0 saturated carbocycles. The van der Waals surface area contributed by atoms with Crippen molar-refractivity contribution >= 4 is 11.5 Å². The lowest BCUT2D eigenvalue weighted by molar-refractivity contribution is 1.35. The third-order valence-electron chi connectivity index (χ3n) is 1.96. The molecule has 0 saturated heterocycles. The molecule has 1 nitrogen and oxygen atoms in total. The molecule has 1 heterocycles. The number of aryl methyl sites for hydroxylation is 2. The van der Waals surface area contributed by atoms with Crippen molar-refractivity contribution in [2.45, 2.75) is 13.8 Å². The molecule has 0 N–H and O–H groups in total. The van der Waals surface area contributed by atoms with Crippen LogP contribution in [0, 0.1) is 13.8 Å². The highest BCUT2D eigenvalue weighted by molar-refractivity contribution is 7.09. The lowest BCUT2D eigenvalue weighted by atomic mass is 10.1. The molecule has 1 aromatic heterocycles. The molecule has 0 radical (unpaired) electrons. The van der Waals surface area contributed by atoms with Crippen LogP contribution in [-0.2, 0) is 0 Å². The van der Waals surface area contributed by atoms with Gasteiger partial charge in [-0.1, -0.05) is 29.8 Å². The van der Waals surface area contributed by atoms with Gasteiger partial charge in [-0.15, -0.1) is 0 Å². The molecule has 0 bridgehead atoms. The van der Waals surface area contributed by atoms with E-state index in [1.807, 2.05) is 6.92 Å². The Labute approximate surface area is 82.2 Å². The summed E-state index contributed by atoms with van der Waals surface area (Å²) in [6, 6.07) is 10.7. The van der Waals surface area contributed by atoms with E-state index in [1.165, 1.54) is 16.0 Å². The lowest BCUT2D eigenvalue weighted by Gasteiger charge is -1.96. The summed E-state index contributed by atoms with van der Waals surface area (Å²) in [6.07, 6.45) is 0. The zero-order valence-corrected chi connectivity index (χ0v) is 8.56. The monoisotopic (exact) mass is 189 g/mol. The van der Waals surface area contributed by atoms with Crippen LogP contribution in [0.1, 0.15) is 11.3 Å². The molecule has 0 amide bonds. The quantitative estimate of drug-likeness (QED) is 0.669. The molecule has 0 atom stereocenters. The maximum Gasteiger partial charge on any atom is 0.0552 e. The van der Waals surface area contributed by atoms with Gasteiger partial charge in [0.2, 0.25) is 0 Å². The van der Waals surface area contributed by atoms with Gasteiger partial charge in [-0.25, -0.2) is 0 Å². The normalized spacial score (nSPS) is 10.3. The van der Waals surface area contributed by atoms with Crippen molar-refractivity contribution in [1.82, 2.24) is 4.37 Å². The molecule has 13 heavy (non-hydrogen) atoms. The van der Waals surface area contributed by atoms with Crippen molar-refractivity contribution in [2.75, 3.05) is 0 Å². The van der Waals surface area contributed by atoms with Gasteiger partial charge < -0.3 is 0 Å². The highest BCUT2D eigenvalue weighted by Crippen LogP contribution is 2.24. The van der Waals surface area contributed by atoms with Gasteiger partial charge in [-0.2, -0.15) is 4.37 Å². The Morgan fingerprint density at radius 3 is 2.31 bits per heavy atom. The van der Waals surface area contributed by atoms with Crippen LogP contribution in [0.2, 0.25) is 0 Å². The Balaban J connectivity index is 2.41. The molecule has 0 spiro atoms. The molecule has 2 heteroatoms. The predicted molar refractivity (Wildman–Crippen MR) is 57.0 cm³/mol. The Bertz CT molecular complexity index is 400. The number of hydrogen-bond acceptors (Lipinski definition) is 2. The SMILES string of the molecule is Cc1ccc(-c2cc(C)ns2)cc1.